The van der Waals surface area contributed by atoms with E-state index in [2.05, 4.69) is 0 Å². The second kappa shape index (κ2) is 6.17. The standard InChI is InChI=1S/C16H16O5/c1-21-15-9-10(2-7-14(15)18)8-13(16(19)20)11-3-5-12(17)6-4-11/h2-7,9,13,17-18H,8H2,1H3,(H,19,20). The van der Waals surface area contributed by atoms with Crippen LogP contribution in [-0.4, -0.2) is 28.4 Å². The van der Waals surface area contributed by atoms with E-state index in [-0.39, 0.29) is 17.9 Å². The first kappa shape index (κ1) is 14.7. The number of carboxylic acid groups (broad SMARTS) is 1. The molecule has 3 N–H and O–H groups in total. The number of methoxy groups -OCH3 is 1. The molecule has 0 aliphatic rings. The van der Waals surface area contributed by atoms with E-state index in [9.17, 15) is 20.1 Å². The Bertz CT molecular complexity index is 634. The molecule has 1 unspecified atom stereocenters. The van der Waals surface area contributed by atoms with Gasteiger partial charge in [-0.25, -0.2) is 0 Å². The molecule has 110 valence electrons. The molecule has 0 heterocycles. The van der Waals surface area contributed by atoms with Gasteiger partial charge in [-0.1, -0.05) is 18.2 Å². The first-order valence-electron chi connectivity index (χ1n) is 6.39. The van der Waals surface area contributed by atoms with Crippen LogP contribution in [0.25, 0.3) is 0 Å². The Morgan fingerprint density at radius 1 is 1.14 bits per heavy atom. The van der Waals surface area contributed by atoms with Crippen LogP contribution < -0.4 is 4.74 Å². The molecule has 2 aromatic rings. The SMILES string of the molecule is COc1cc(CC(C(=O)O)c2ccc(O)cc2)ccc1O. The molecule has 0 saturated carbocycles. The van der Waals surface area contributed by atoms with Gasteiger partial charge >= 0.3 is 5.97 Å². The van der Waals surface area contributed by atoms with Gasteiger partial charge in [0.15, 0.2) is 11.5 Å². The molecule has 2 aromatic carbocycles. The highest BCUT2D eigenvalue weighted by Gasteiger charge is 2.21. The Morgan fingerprint density at radius 3 is 2.38 bits per heavy atom. The number of carboxylic acids is 1. The predicted molar refractivity (Wildman–Crippen MR) is 76.8 cm³/mol. The number of aliphatic carboxylic acids is 1. The minimum atomic E-state index is -0.951. The highest BCUT2D eigenvalue weighted by atomic mass is 16.5. The number of benzene rings is 2. The van der Waals surface area contributed by atoms with Gasteiger partial charge in [-0.15, -0.1) is 0 Å². The second-order valence-corrected chi connectivity index (χ2v) is 4.69. The minimum absolute atomic E-state index is 0.0118. The lowest BCUT2D eigenvalue weighted by Gasteiger charge is -2.14. The van der Waals surface area contributed by atoms with Crippen molar-refractivity contribution in [1.29, 1.82) is 0 Å². The van der Waals surface area contributed by atoms with Crippen LogP contribution in [0.4, 0.5) is 0 Å². The van der Waals surface area contributed by atoms with Crippen LogP contribution in [0.2, 0.25) is 0 Å². The van der Waals surface area contributed by atoms with Gasteiger partial charge in [-0.2, -0.15) is 0 Å². The summed E-state index contributed by atoms with van der Waals surface area (Å²) < 4.78 is 5.02. The molecule has 1 atom stereocenters. The van der Waals surface area contributed by atoms with Crippen molar-refractivity contribution in [2.24, 2.45) is 0 Å². The lowest BCUT2D eigenvalue weighted by atomic mass is 9.92. The lowest BCUT2D eigenvalue weighted by Crippen LogP contribution is -2.14. The predicted octanol–water partition coefficient (Wildman–Crippen LogP) is 2.52. The minimum Gasteiger partial charge on any atom is -0.508 e. The van der Waals surface area contributed by atoms with Crippen LogP contribution >= 0.6 is 0 Å². The molecule has 5 heteroatoms. The van der Waals surface area contributed by atoms with Gasteiger partial charge in [-0.05, 0) is 41.8 Å². The van der Waals surface area contributed by atoms with Crippen LogP contribution in [0.3, 0.4) is 0 Å². The zero-order valence-electron chi connectivity index (χ0n) is 11.5. The highest BCUT2D eigenvalue weighted by Crippen LogP contribution is 2.29. The molecule has 0 aromatic heterocycles. The van der Waals surface area contributed by atoms with Gasteiger partial charge in [0, 0.05) is 0 Å². The van der Waals surface area contributed by atoms with E-state index in [1.807, 2.05) is 0 Å². The van der Waals surface area contributed by atoms with E-state index in [1.165, 1.54) is 25.3 Å². The molecule has 0 spiro atoms. The Labute approximate surface area is 122 Å². The van der Waals surface area contributed by atoms with Gasteiger partial charge in [-0.3, -0.25) is 4.79 Å². The van der Waals surface area contributed by atoms with Crippen molar-refractivity contribution in [3.8, 4) is 17.2 Å². The topological polar surface area (TPSA) is 87.0 Å². The van der Waals surface area contributed by atoms with Gasteiger partial charge in [0.2, 0.25) is 0 Å². The second-order valence-electron chi connectivity index (χ2n) is 4.69. The van der Waals surface area contributed by atoms with Crippen LogP contribution in [0.5, 0.6) is 17.2 Å². The molecule has 0 bridgehead atoms. The smallest absolute Gasteiger partial charge is 0.311 e. The van der Waals surface area contributed by atoms with E-state index >= 15 is 0 Å². The number of hydrogen-bond donors (Lipinski definition) is 3. The van der Waals surface area contributed by atoms with E-state index in [4.69, 9.17) is 4.74 Å². The summed E-state index contributed by atoms with van der Waals surface area (Å²) in [5, 5.41) is 28.2. The maximum atomic E-state index is 11.5. The Hall–Kier alpha value is -2.69. The number of hydrogen-bond acceptors (Lipinski definition) is 4. The summed E-state index contributed by atoms with van der Waals surface area (Å²) in [4.78, 5) is 11.5. The molecule has 21 heavy (non-hydrogen) atoms. The number of phenolic OH excluding ortho intramolecular Hbond substituents is 2. The summed E-state index contributed by atoms with van der Waals surface area (Å²) >= 11 is 0. The fourth-order valence-corrected chi connectivity index (χ4v) is 2.14. The zero-order valence-corrected chi connectivity index (χ0v) is 11.5. The number of rotatable bonds is 5. The van der Waals surface area contributed by atoms with Crippen LogP contribution in [-0.2, 0) is 11.2 Å². The molecule has 0 amide bonds. The van der Waals surface area contributed by atoms with E-state index in [0.717, 1.165) is 5.56 Å². The summed E-state index contributed by atoms with van der Waals surface area (Å²) in [6.07, 6.45) is 0.261. The highest BCUT2D eigenvalue weighted by molar-refractivity contribution is 5.76. The first-order valence-corrected chi connectivity index (χ1v) is 6.39. The summed E-state index contributed by atoms with van der Waals surface area (Å²) in [6.45, 7) is 0. The largest absolute Gasteiger partial charge is 0.508 e. The van der Waals surface area contributed by atoms with Crippen LogP contribution in [0, 0.1) is 0 Å². The Kier molecular flexibility index (Phi) is 4.33. The van der Waals surface area contributed by atoms with Gasteiger partial charge < -0.3 is 20.1 Å². The third-order valence-electron chi connectivity index (χ3n) is 3.28. The molecule has 0 aliphatic heterocycles. The Balaban J connectivity index is 2.28. The molecule has 0 saturated heterocycles. The van der Waals surface area contributed by atoms with Crippen LogP contribution in [0.15, 0.2) is 42.5 Å². The summed E-state index contributed by atoms with van der Waals surface area (Å²) in [5.41, 5.74) is 1.34. The molecule has 5 nitrogen and oxygen atoms in total. The molecular weight excluding hydrogens is 272 g/mol. The molecule has 2 rings (SSSR count). The quantitative estimate of drug-likeness (QED) is 0.787. The number of aromatic hydroxyl groups is 2. The number of phenols is 2. The lowest BCUT2D eigenvalue weighted by molar-refractivity contribution is -0.138. The van der Waals surface area contributed by atoms with Crippen molar-refractivity contribution >= 4 is 5.97 Å². The summed E-state index contributed by atoms with van der Waals surface area (Å²) in [7, 11) is 1.44. The number of ether oxygens (including phenoxy) is 1. The summed E-state index contributed by atoms with van der Waals surface area (Å²) in [6, 6.07) is 10.9. The Morgan fingerprint density at radius 2 is 1.81 bits per heavy atom. The van der Waals surface area contributed by atoms with Gasteiger partial charge in [0.05, 0.1) is 13.0 Å². The van der Waals surface area contributed by atoms with Crippen molar-refractivity contribution in [1.82, 2.24) is 0 Å². The van der Waals surface area contributed by atoms with Crippen molar-refractivity contribution in [3.05, 3.63) is 53.6 Å². The normalized spacial score (nSPS) is 11.9. The summed E-state index contributed by atoms with van der Waals surface area (Å²) in [5.74, 6) is -1.28. The average Bonchev–Trinajstić information content (AvgIpc) is 2.47. The van der Waals surface area contributed by atoms with E-state index in [1.54, 1.807) is 24.3 Å². The first-order chi connectivity index (χ1) is 10.0. The van der Waals surface area contributed by atoms with E-state index in [0.29, 0.717) is 11.3 Å². The maximum absolute atomic E-state index is 11.5. The van der Waals surface area contributed by atoms with Gasteiger partial charge in [0.1, 0.15) is 5.75 Å². The third kappa shape index (κ3) is 3.45. The number of carbonyl (C=O) groups is 1. The van der Waals surface area contributed by atoms with Crippen molar-refractivity contribution in [2.45, 2.75) is 12.3 Å². The maximum Gasteiger partial charge on any atom is 0.311 e. The fraction of sp³-hybridized carbons (Fsp3) is 0.188. The van der Waals surface area contributed by atoms with Crippen LogP contribution in [0.1, 0.15) is 17.0 Å². The molecule has 0 aliphatic carbocycles. The third-order valence-corrected chi connectivity index (χ3v) is 3.28. The molecule has 0 fully saturated rings. The van der Waals surface area contributed by atoms with Gasteiger partial charge in [0.25, 0.3) is 0 Å². The zero-order chi connectivity index (χ0) is 15.4. The van der Waals surface area contributed by atoms with Crippen molar-refractivity contribution in [2.75, 3.05) is 7.11 Å². The fourth-order valence-electron chi connectivity index (χ4n) is 2.14. The van der Waals surface area contributed by atoms with Crippen molar-refractivity contribution in [3.63, 3.8) is 0 Å². The average molecular weight is 288 g/mol. The van der Waals surface area contributed by atoms with Crippen molar-refractivity contribution < 1.29 is 24.9 Å². The molecule has 0 radical (unpaired) electrons. The monoisotopic (exact) mass is 288 g/mol. The molecular formula is C16H16O5. The van der Waals surface area contributed by atoms with E-state index < -0.39 is 11.9 Å².